The van der Waals surface area contributed by atoms with Gasteiger partial charge in [0.1, 0.15) is 6.04 Å². The standard InChI is InChI=1S/C16H22N4O3/c1-4-5-14-19-15(23-20-14)11(2)18-13-8-6-12(7-9-13)10-17-16(21)22-3/h6-9,11,18H,4-5,10H2,1-3H3,(H,17,21)/t11-/m1/s1. The molecule has 0 fully saturated rings. The number of benzene rings is 1. The van der Waals surface area contributed by atoms with Gasteiger partial charge in [0, 0.05) is 18.7 Å². The van der Waals surface area contributed by atoms with Crippen molar-refractivity contribution >= 4 is 11.8 Å². The summed E-state index contributed by atoms with van der Waals surface area (Å²) in [4.78, 5) is 15.4. The van der Waals surface area contributed by atoms with E-state index in [1.54, 1.807) is 0 Å². The highest BCUT2D eigenvalue weighted by atomic mass is 16.5. The molecule has 1 aromatic carbocycles. The Kier molecular flexibility index (Phi) is 5.96. The number of methoxy groups -OCH3 is 1. The zero-order valence-electron chi connectivity index (χ0n) is 13.6. The third-order valence-corrected chi connectivity index (χ3v) is 3.29. The Balaban J connectivity index is 1.90. The summed E-state index contributed by atoms with van der Waals surface area (Å²) in [6.45, 7) is 4.47. The number of aryl methyl sites for hydroxylation is 1. The Morgan fingerprint density at radius 2 is 2.09 bits per heavy atom. The predicted molar refractivity (Wildman–Crippen MR) is 86.0 cm³/mol. The molecule has 0 saturated heterocycles. The zero-order chi connectivity index (χ0) is 16.7. The van der Waals surface area contributed by atoms with E-state index in [0.29, 0.717) is 12.4 Å². The van der Waals surface area contributed by atoms with Gasteiger partial charge in [-0.1, -0.05) is 24.2 Å². The smallest absolute Gasteiger partial charge is 0.407 e. The Labute approximate surface area is 135 Å². The predicted octanol–water partition coefficient (Wildman–Crippen LogP) is 3.05. The molecular formula is C16H22N4O3. The number of nitrogens with one attached hydrogen (secondary N) is 2. The van der Waals surface area contributed by atoms with Crippen molar-refractivity contribution in [3.63, 3.8) is 0 Å². The van der Waals surface area contributed by atoms with E-state index in [1.807, 2.05) is 31.2 Å². The van der Waals surface area contributed by atoms with E-state index in [0.717, 1.165) is 29.9 Å². The number of rotatable bonds is 7. The number of carbonyl (C=O) groups excluding carboxylic acids is 1. The lowest BCUT2D eigenvalue weighted by molar-refractivity contribution is 0.170. The molecule has 0 unspecified atom stereocenters. The van der Waals surface area contributed by atoms with Crippen molar-refractivity contribution in [1.29, 1.82) is 0 Å². The number of nitrogens with zero attached hydrogens (tertiary/aromatic N) is 2. The molecule has 0 aliphatic rings. The quantitative estimate of drug-likeness (QED) is 0.815. The monoisotopic (exact) mass is 318 g/mol. The minimum atomic E-state index is -0.444. The van der Waals surface area contributed by atoms with Crippen LogP contribution < -0.4 is 10.6 Å². The first-order valence-corrected chi connectivity index (χ1v) is 7.62. The molecule has 1 amide bonds. The first-order valence-electron chi connectivity index (χ1n) is 7.62. The van der Waals surface area contributed by atoms with Crippen LogP contribution in [-0.2, 0) is 17.7 Å². The highest BCUT2D eigenvalue weighted by Crippen LogP contribution is 2.18. The summed E-state index contributed by atoms with van der Waals surface area (Å²) in [6.07, 6.45) is 1.36. The molecule has 0 radical (unpaired) electrons. The van der Waals surface area contributed by atoms with Gasteiger partial charge in [0.15, 0.2) is 5.82 Å². The van der Waals surface area contributed by atoms with Gasteiger partial charge in [-0.05, 0) is 31.0 Å². The summed E-state index contributed by atoms with van der Waals surface area (Å²) in [5.74, 6) is 1.31. The van der Waals surface area contributed by atoms with Crippen LogP contribution in [0.5, 0.6) is 0 Å². The van der Waals surface area contributed by atoms with E-state index >= 15 is 0 Å². The van der Waals surface area contributed by atoms with Crippen LogP contribution in [0.2, 0.25) is 0 Å². The molecule has 1 heterocycles. The van der Waals surface area contributed by atoms with Gasteiger partial charge >= 0.3 is 6.09 Å². The molecule has 0 saturated carbocycles. The maximum atomic E-state index is 11.0. The molecule has 0 bridgehead atoms. The average Bonchev–Trinajstić information content (AvgIpc) is 3.03. The van der Waals surface area contributed by atoms with E-state index in [-0.39, 0.29) is 6.04 Å². The van der Waals surface area contributed by atoms with Crippen LogP contribution in [0.1, 0.15) is 43.6 Å². The van der Waals surface area contributed by atoms with E-state index < -0.39 is 6.09 Å². The molecule has 0 aliphatic heterocycles. The number of hydrogen-bond acceptors (Lipinski definition) is 6. The fourth-order valence-corrected chi connectivity index (χ4v) is 2.05. The SMILES string of the molecule is CCCc1noc([C@@H](C)Nc2ccc(CNC(=O)OC)cc2)n1. The van der Waals surface area contributed by atoms with Crippen molar-refractivity contribution < 1.29 is 14.1 Å². The molecule has 1 atom stereocenters. The zero-order valence-corrected chi connectivity index (χ0v) is 13.6. The molecule has 7 heteroatoms. The molecule has 2 N–H and O–H groups in total. The molecule has 124 valence electrons. The Hall–Kier alpha value is -2.57. The van der Waals surface area contributed by atoms with Gasteiger partial charge < -0.3 is 19.9 Å². The molecule has 2 aromatic rings. The Bertz CT molecular complexity index is 625. The van der Waals surface area contributed by atoms with Gasteiger partial charge in [-0.25, -0.2) is 4.79 Å². The maximum Gasteiger partial charge on any atom is 0.407 e. The van der Waals surface area contributed by atoms with Crippen molar-refractivity contribution in [2.75, 3.05) is 12.4 Å². The summed E-state index contributed by atoms with van der Waals surface area (Å²) < 4.78 is 9.80. The van der Waals surface area contributed by atoms with Crippen molar-refractivity contribution in [3.05, 3.63) is 41.5 Å². The number of alkyl carbamates (subject to hydrolysis) is 1. The molecule has 0 aliphatic carbocycles. The van der Waals surface area contributed by atoms with Gasteiger partial charge in [-0.15, -0.1) is 0 Å². The third kappa shape index (κ3) is 4.98. The van der Waals surface area contributed by atoms with Crippen LogP contribution in [0.4, 0.5) is 10.5 Å². The first kappa shape index (κ1) is 16.8. The fraction of sp³-hybridized carbons (Fsp3) is 0.438. The van der Waals surface area contributed by atoms with E-state index in [4.69, 9.17) is 4.52 Å². The average molecular weight is 318 g/mol. The topological polar surface area (TPSA) is 89.3 Å². The first-order chi connectivity index (χ1) is 11.1. The van der Waals surface area contributed by atoms with Crippen LogP contribution >= 0.6 is 0 Å². The lowest BCUT2D eigenvalue weighted by Crippen LogP contribution is -2.22. The molecular weight excluding hydrogens is 296 g/mol. The third-order valence-electron chi connectivity index (χ3n) is 3.29. The van der Waals surface area contributed by atoms with Crippen LogP contribution in [0.25, 0.3) is 0 Å². The van der Waals surface area contributed by atoms with Crippen molar-refractivity contribution in [1.82, 2.24) is 15.5 Å². The number of amides is 1. The number of carbonyl (C=O) groups is 1. The Morgan fingerprint density at radius 1 is 1.35 bits per heavy atom. The summed E-state index contributed by atoms with van der Waals surface area (Å²) >= 11 is 0. The van der Waals surface area contributed by atoms with E-state index in [1.165, 1.54) is 7.11 Å². The fourth-order valence-electron chi connectivity index (χ4n) is 2.05. The van der Waals surface area contributed by atoms with E-state index in [9.17, 15) is 4.79 Å². The van der Waals surface area contributed by atoms with Crippen LogP contribution in [0.15, 0.2) is 28.8 Å². The second-order valence-corrected chi connectivity index (χ2v) is 5.21. The number of hydrogen-bond donors (Lipinski definition) is 2. The summed E-state index contributed by atoms with van der Waals surface area (Å²) in [5, 5.41) is 9.90. The number of aromatic nitrogens is 2. The highest BCUT2D eigenvalue weighted by Gasteiger charge is 2.13. The molecule has 2 rings (SSSR count). The molecule has 0 spiro atoms. The lowest BCUT2D eigenvalue weighted by Gasteiger charge is -2.12. The summed E-state index contributed by atoms with van der Waals surface area (Å²) in [7, 11) is 1.34. The molecule has 1 aromatic heterocycles. The minimum absolute atomic E-state index is 0.0767. The summed E-state index contributed by atoms with van der Waals surface area (Å²) in [6, 6.07) is 7.66. The largest absolute Gasteiger partial charge is 0.453 e. The number of ether oxygens (including phenoxy) is 1. The summed E-state index contributed by atoms with van der Waals surface area (Å²) in [5.41, 5.74) is 1.92. The minimum Gasteiger partial charge on any atom is -0.453 e. The normalized spacial score (nSPS) is 11.8. The molecule has 7 nitrogen and oxygen atoms in total. The van der Waals surface area contributed by atoms with Crippen molar-refractivity contribution in [2.45, 2.75) is 39.3 Å². The van der Waals surface area contributed by atoms with Gasteiger partial charge in [0.2, 0.25) is 5.89 Å². The second kappa shape index (κ2) is 8.17. The van der Waals surface area contributed by atoms with E-state index in [2.05, 4.69) is 32.4 Å². The van der Waals surface area contributed by atoms with Crippen molar-refractivity contribution in [2.24, 2.45) is 0 Å². The number of anilines is 1. The maximum absolute atomic E-state index is 11.0. The lowest BCUT2D eigenvalue weighted by atomic mass is 10.2. The van der Waals surface area contributed by atoms with Gasteiger partial charge in [0.25, 0.3) is 0 Å². The second-order valence-electron chi connectivity index (χ2n) is 5.21. The van der Waals surface area contributed by atoms with Crippen LogP contribution in [0.3, 0.4) is 0 Å². The highest BCUT2D eigenvalue weighted by molar-refractivity contribution is 5.66. The van der Waals surface area contributed by atoms with Crippen LogP contribution in [0, 0.1) is 0 Å². The van der Waals surface area contributed by atoms with Crippen molar-refractivity contribution in [3.8, 4) is 0 Å². The van der Waals surface area contributed by atoms with Gasteiger partial charge in [-0.2, -0.15) is 4.98 Å². The van der Waals surface area contributed by atoms with Gasteiger partial charge in [-0.3, -0.25) is 0 Å². The Morgan fingerprint density at radius 3 is 2.74 bits per heavy atom. The van der Waals surface area contributed by atoms with Gasteiger partial charge in [0.05, 0.1) is 7.11 Å². The molecule has 23 heavy (non-hydrogen) atoms. The van der Waals surface area contributed by atoms with Crippen LogP contribution in [-0.4, -0.2) is 23.3 Å².